The van der Waals surface area contributed by atoms with Crippen LogP contribution in [0.15, 0.2) is 28.7 Å². The highest BCUT2D eigenvalue weighted by Crippen LogP contribution is 2.25. The van der Waals surface area contributed by atoms with Crippen molar-refractivity contribution in [2.45, 2.75) is 52.7 Å². The van der Waals surface area contributed by atoms with E-state index in [9.17, 15) is 9.59 Å². The molecule has 0 radical (unpaired) electrons. The molecule has 1 aliphatic heterocycles. The van der Waals surface area contributed by atoms with Gasteiger partial charge in [-0.15, -0.1) is 0 Å². The number of esters is 1. The van der Waals surface area contributed by atoms with Crippen LogP contribution in [0.25, 0.3) is 0 Å². The van der Waals surface area contributed by atoms with Gasteiger partial charge in [-0.3, -0.25) is 4.90 Å². The van der Waals surface area contributed by atoms with Crippen LogP contribution in [-0.4, -0.2) is 55.8 Å². The zero-order valence-electron chi connectivity index (χ0n) is 18.1. The van der Waals surface area contributed by atoms with E-state index in [-0.39, 0.29) is 11.9 Å². The summed E-state index contributed by atoms with van der Waals surface area (Å²) >= 11 is 3.35. The zero-order chi connectivity index (χ0) is 23.2. The maximum Gasteiger partial charge on any atom is 0.411 e. The number of carbonyl (C=O) groups is 4. The number of likely N-dealkylation sites (tertiary alicyclic amines) is 1. The van der Waals surface area contributed by atoms with Crippen LogP contribution < -0.4 is 0 Å². The van der Waals surface area contributed by atoms with Crippen molar-refractivity contribution in [3.05, 3.63) is 34.3 Å². The van der Waals surface area contributed by atoms with Gasteiger partial charge in [-0.1, -0.05) is 40.5 Å². The molecular weight excluding hydrogens is 442 g/mol. The highest BCUT2D eigenvalue weighted by molar-refractivity contribution is 9.10. The molecule has 1 saturated heterocycles. The number of ether oxygens (including phenoxy) is 2. The fourth-order valence-corrected chi connectivity index (χ4v) is 2.73. The molecule has 1 fully saturated rings. The molecule has 0 saturated carbocycles. The number of hydrogen-bond acceptors (Lipinski definition) is 6. The van der Waals surface area contributed by atoms with Crippen molar-refractivity contribution < 1.29 is 28.7 Å². The summed E-state index contributed by atoms with van der Waals surface area (Å²) < 4.78 is 11.1. The summed E-state index contributed by atoms with van der Waals surface area (Å²) in [7, 11) is 1.33. The molecule has 29 heavy (non-hydrogen) atoms. The van der Waals surface area contributed by atoms with Gasteiger partial charge >= 0.3 is 12.1 Å². The van der Waals surface area contributed by atoms with Gasteiger partial charge in [0.1, 0.15) is 25.2 Å². The quantitative estimate of drug-likeness (QED) is 0.567. The third-order valence-corrected chi connectivity index (χ3v) is 4.15. The Morgan fingerprint density at radius 2 is 1.59 bits per heavy atom. The molecule has 1 aromatic carbocycles. The Morgan fingerprint density at radius 3 is 1.97 bits per heavy atom. The topological polar surface area (TPSA) is 90.0 Å². The first-order valence-corrected chi connectivity index (χ1v) is 9.70. The normalized spacial score (nSPS) is 17.3. The number of rotatable bonds is 1. The molecule has 2 unspecified atom stereocenters. The number of aryl methyl sites for hydroxylation is 1. The minimum Gasteiger partial charge on any atom is -0.467 e. The molecule has 0 aromatic heterocycles. The van der Waals surface area contributed by atoms with Crippen molar-refractivity contribution in [3.8, 4) is 0 Å². The van der Waals surface area contributed by atoms with Crippen LogP contribution in [0.4, 0.5) is 4.79 Å². The predicted octanol–water partition coefficient (Wildman–Crippen LogP) is 4.19. The molecule has 1 aliphatic rings. The van der Waals surface area contributed by atoms with Crippen LogP contribution in [0.2, 0.25) is 0 Å². The van der Waals surface area contributed by atoms with E-state index in [4.69, 9.17) is 19.1 Å². The Morgan fingerprint density at radius 1 is 1.10 bits per heavy atom. The Hall–Kier alpha value is -2.22. The molecule has 2 atom stereocenters. The number of hydrogen-bond donors (Lipinski definition) is 0. The summed E-state index contributed by atoms with van der Waals surface area (Å²) in [6.45, 7) is 14.0. The molecule has 1 heterocycles. The van der Waals surface area contributed by atoms with E-state index in [2.05, 4.69) is 35.0 Å². The molecule has 1 amide bonds. The Balaban J connectivity index is 0. The highest BCUT2D eigenvalue weighted by Gasteiger charge is 2.40. The summed E-state index contributed by atoms with van der Waals surface area (Å²) in [6.07, 6.45) is 0.184. The molecule has 8 heteroatoms. The fourth-order valence-electron chi connectivity index (χ4n) is 2.46. The molecule has 0 spiro atoms. The first kappa shape index (κ1) is 29.0. The maximum atomic E-state index is 11.9. The standard InChI is InChI=1S/C12H21NO4.C7H7Br.2CH2O/c1-8-6-9(10(14)16-5)13(7-8)11(15)17-12(2,3)4;1-6-2-4-7(8)5-3-6;2*1-2/h8-9H,6-7H2,1-5H3;2-5H,1H3;2*1H2. The van der Waals surface area contributed by atoms with Crippen LogP contribution in [0.1, 0.15) is 39.7 Å². The number of amides is 1. The van der Waals surface area contributed by atoms with Crippen molar-refractivity contribution in [1.82, 2.24) is 4.90 Å². The predicted molar refractivity (Wildman–Crippen MR) is 116 cm³/mol. The SMILES string of the molecule is C=O.C=O.COC(=O)C1CC(C)CN1C(=O)OC(C)(C)C.Cc1ccc(Br)cc1. The van der Waals surface area contributed by atoms with E-state index < -0.39 is 17.7 Å². The maximum absolute atomic E-state index is 11.9. The van der Waals surface area contributed by atoms with Crippen LogP contribution in [-0.2, 0) is 23.9 Å². The largest absolute Gasteiger partial charge is 0.467 e. The minimum atomic E-state index is -0.552. The summed E-state index contributed by atoms with van der Waals surface area (Å²) in [6, 6.07) is 7.71. The molecule has 2 rings (SSSR count). The lowest BCUT2D eigenvalue weighted by Gasteiger charge is -2.27. The average Bonchev–Trinajstić information content (AvgIpc) is 3.08. The zero-order valence-corrected chi connectivity index (χ0v) is 19.7. The van der Waals surface area contributed by atoms with Gasteiger partial charge in [0.05, 0.1) is 7.11 Å². The summed E-state index contributed by atoms with van der Waals surface area (Å²) in [4.78, 5) is 41.0. The Kier molecular flexibility index (Phi) is 14.7. The summed E-state index contributed by atoms with van der Waals surface area (Å²) in [5, 5.41) is 0. The number of carbonyl (C=O) groups excluding carboxylic acids is 4. The summed E-state index contributed by atoms with van der Waals surface area (Å²) in [5.41, 5.74) is 0.747. The molecule has 0 aliphatic carbocycles. The smallest absolute Gasteiger partial charge is 0.411 e. The van der Waals surface area contributed by atoms with Crippen molar-refractivity contribution in [1.29, 1.82) is 0 Å². The van der Waals surface area contributed by atoms with E-state index in [1.807, 2.05) is 32.6 Å². The molecule has 0 bridgehead atoms. The highest BCUT2D eigenvalue weighted by atomic mass is 79.9. The minimum absolute atomic E-state index is 0.284. The number of methoxy groups -OCH3 is 1. The van der Waals surface area contributed by atoms with Crippen LogP contribution in [0.5, 0.6) is 0 Å². The van der Waals surface area contributed by atoms with Crippen LogP contribution in [0, 0.1) is 12.8 Å². The van der Waals surface area contributed by atoms with Gasteiger partial charge in [0.2, 0.25) is 0 Å². The van der Waals surface area contributed by atoms with Crippen molar-refractivity contribution in [3.63, 3.8) is 0 Å². The molecule has 1 aromatic rings. The monoisotopic (exact) mass is 473 g/mol. The second-order valence-corrected chi connectivity index (χ2v) is 8.22. The van der Waals surface area contributed by atoms with E-state index in [1.54, 1.807) is 20.8 Å². The Bertz CT molecular complexity index is 592. The lowest BCUT2D eigenvalue weighted by molar-refractivity contribution is -0.145. The molecule has 164 valence electrons. The van der Waals surface area contributed by atoms with Gasteiger partial charge < -0.3 is 19.1 Å². The summed E-state index contributed by atoms with van der Waals surface area (Å²) in [5.74, 6) is -0.0909. The van der Waals surface area contributed by atoms with Crippen molar-refractivity contribution in [2.24, 2.45) is 5.92 Å². The van der Waals surface area contributed by atoms with Crippen LogP contribution >= 0.6 is 15.9 Å². The van der Waals surface area contributed by atoms with Gasteiger partial charge in [-0.05, 0) is 52.2 Å². The van der Waals surface area contributed by atoms with Crippen molar-refractivity contribution in [2.75, 3.05) is 13.7 Å². The van der Waals surface area contributed by atoms with Gasteiger partial charge in [0, 0.05) is 11.0 Å². The lowest BCUT2D eigenvalue weighted by atomic mass is 10.1. The van der Waals surface area contributed by atoms with Gasteiger partial charge in [0.15, 0.2) is 0 Å². The molecular formula is C21H32BrNO6. The first-order valence-electron chi connectivity index (χ1n) is 8.91. The van der Waals surface area contributed by atoms with Crippen molar-refractivity contribution >= 4 is 41.6 Å². The van der Waals surface area contributed by atoms with E-state index >= 15 is 0 Å². The first-order chi connectivity index (χ1) is 13.5. The molecule has 7 nitrogen and oxygen atoms in total. The third-order valence-electron chi connectivity index (χ3n) is 3.62. The number of benzene rings is 1. The second kappa shape index (κ2) is 14.7. The Labute approximate surface area is 181 Å². The molecule has 0 N–H and O–H groups in total. The van der Waals surface area contributed by atoms with E-state index in [0.29, 0.717) is 13.0 Å². The number of halogens is 1. The van der Waals surface area contributed by atoms with E-state index in [0.717, 1.165) is 4.47 Å². The average molecular weight is 474 g/mol. The van der Waals surface area contributed by atoms with E-state index in [1.165, 1.54) is 17.6 Å². The van der Waals surface area contributed by atoms with Gasteiger partial charge in [0.25, 0.3) is 0 Å². The van der Waals surface area contributed by atoms with Crippen LogP contribution in [0.3, 0.4) is 0 Å². The fraction of sp³-hybridized carbons (Fsp3) is 0.524. The lowest BCUT2D eigenvalue weighted by Crippen LogP contribution is -2.43. The second-order valence-electron chi connectivity index (χ2n) is 7.31. The van der Waals surface area contributed by atoms with Gasteiger partial charge in [-0.25, -0.2) is 9.59 Å². The third kappa shape index (κ3) is 12.1. The van der Waals surface area contributed by atoms with Gasteiger partial charge in [-0.2, -0.15) is 0 Å². The number of nitrogens with zero attached hydrogens (tertiary/aromatic N) is 1.